The second-order valence-electron chi connectivity index (χ2n) is 5.45. The Bertz CT molecular complexity index is 561. The molecule has 20 heavy (non-hydrogen) atoms. The number of rotatable bonds is 3. The predicted molar refractivity (Wildman–Crippen MR) is 74.8 cm³/mol. The van der Waals surface area contributed by atoms with E-state index in [4.69, 9.17) is 11.6 Å². The zero-order valence-electron chi connectivity index (χ0n) is 11.4. The molecular weight excluding hydrogens is 280 g/mol. The van der Waals surface area contributed by atoms with E-state index in [0.29, 0.717) is 17.9 Å². The Kier molecular flexibility index (Phi) is 3.99. The number of hydrogen-bond acceptors (Lipinski definition) is 3. The van der Waals surface area contributed by atoms with Gasteiger partial charge < -0.3 is 10.4 Å². The lowest BCUT2D eigenvalue weighted by atomic mass is 9.85. The number of nitrogens with one attached hydrogen (secondary N) is 1. The van der Waals surface area contributed by atoms with Crippen LogP contribution in [0.5, 0.6) is 0 Å². The molecule has 1 heterocycles. The lowest BCUT2D eigenvalue weighted by molar-refractivity contribution is -0.148. The zero-order valence-corrected chi connectivity index (χ0v) is 12.2. The van der Waals surface area contributed by atoms with Gasteiger partial charge in [0.1, 0.15) is 0 Å². The van der Waals surface area contributed by atoms with Crippen molar-refractivity contribution in [2.45, 2.75) is 39.2 Å². The normalized spacial score (nSPS) is 25.4. The number of amides is 1. The van der Waals surface area contributed by atoms with Gasteiger partial charge in [0.05, 0.1) is 16.0 Å². The van der Waals surface area contributed by atoms with Crippen LogP contribution in [-0.4, -0.2) is 28.0 Å². The highest BCUT2D eigenvalue weighted by molar-refractivity contribution is 6.33. The third-order valence-corrected chi connectivity index (χ3v) is 4.30. The van der Waals surface area contributed by atoms with E-state index < -0.39 is 11.4 Å². The molecular formula is C14H17ClN2O3. The lowest BCUT2D eigenvalue weighted by Crippen LogP contribution is -2.47. The van der Waals surface area contributed by atoms with Crippen molar-refractivity contribution < 1.29 is 14.7 Å². The molecule has 1 saturated carbocycles. The molecule has 1 aliphatic carbocycles. The molecule has 0 spiro atoms. The van der Waals surface area contributed by atoms with Crippen molar-refractivity contribution in [3.63, 3.8) is 0 Å². The van der Waals surface area contributed by atoms with Gasteiger partial charge in [-0.1, -0.05) is 18.0 Å². The summed E-state index contributed by atoms with van der Waals surface area (Å²) in [5.41, 5.74) is 0.0833. The van der Waals surface area contributed by atoms with Gasteiger partial charge in [0, 0.05) is 17.9 Å². The monoisotopic (exact) mass is 296 g/mol. The van der Waals surface area contributed by atoms with Gasteiger partial charge in [0.25, 0.3) is 5.91 Å². The highest BCUT2D eigenvalue weighted by atomic mass is 35.5. The second-order valence-corrected chi connectivity index (χ2v) is 5.85. The fourth-order valence-corrected chi connectivity index (χ4v) is 2.88. The summed E-state index contributed by atoms with van der Waals surface area (Å²) < 4.78 is 0. The fourth-order valence-electron chi connectivity index (χ4n) is 2.58. The number of pyridine rings is 1. The molecule has 2 unspecified atom stereocenters. The van der Waals surface area contributed by atoms with Crippen LogP contribution in [0.2, 0.25) is 5.02 Å². The average molecular weight is 297 g/mol. The first kappa shape index (κ1) is 14.8. The number of aliphatic carboxylic acids is 1. The van der Waals surface area contributed by atoms with E-state index in [-0.39, 0.29) is 17.5 Å². The standard InChI is InChI=1S/C14H17ClN2O3/c1-8-6-10(15)9(7-16-8)12(18)17-11-4-3-5-14(11,2)13(19)20/h6-7,11H,3-5H2,1-2H3,(H,17,18)(H,19,20). The Balaban J connectivity index is 2.17. The molecule has 1 aromatic heterocycles. The second kappa shape index (κ2) is 5.40. The maximum absolute atomic E-state index is 12.2. The number of nitrogens with zero attached hydrogens (tertiary/aromatic N) is 1. The summed E-state index contributed by atoms with van der Waals surface area (Å²) in [6.07, 6.45) is 3.42. The van der Waals surface area contributed by atoms with Crippen LogP contribution in [0.4, 0.5) is 0 Å². The number of hydrogen-bond donors (Lipinski definition) is 2. The minimum absolute atomic E-state index is 0.275. The molecule has 5 nitrogen and oxygen atoms in total. The summed E-state index contributed by atoms with van der Waals surface area (Å²) in [5.74, 6) is -1.25. The number of aromatic nitrogens is 1. The van der Waals surface area contributed by atoms with Crippen LogP contribution >= 0.6 is 11.6 Å². The number of carboxylic acid groups (broad SMARTS) is 1. The Morgan fingerprint density at radius 1 is 1.55 bits per heavy atom. The van der Waals surface area contributed by atoms with Crippen LogP contribution in [0.1, 0.15) is 42.2 Å². The smallest absolute Gasteiger partial charge is 0.311 e. The number of aryl methyl sites for hydroxylation is 1. The van der Waals surface area contributed by atoms with Crippen molar-refractivity contribution in [2.75, 3.05) is 0 Å². The van der Waals surface area contributed by atoms with E-state index >= 15 is 0 Å². The van der Waals surface area contributed by atoms with E-state index in [1.54, 1.807) is 19.9 Å². The Labute approximate surface area is 122 Å². The molecule has 2 rings (SSSR count). The minimum atomic E-state index is -0.916. The van der Waals surface area contributed by atoms with Crippen molar-refractivity contribution >= 4 is 23.5 Å². The van der Waals surface area contributed by atoms with Crippen molar-refractivity contribution in [1.29, 1.82) is 0 Å². The number of carbonyl (C=O) groups excluding carboxylic acids is 1. The summed E-state index contributed by atoms with van der Waals surface area (Å²) in [7, 11) is 0. The minimum Gasteiger partial charge on any atom is -0.481 e. The average Bonchev–Trinajstić information content (AvgIpc) is 2.72. The summed E-state index contributed by atoms with van der Waals surface area (Å²) in [6.45, 7) is 3.45. The van der Waals surface area contributed by atoms with E-state index in [2.05, 4.69) is 10.3 Å². The third kappa shape index (κ3) is 2.63. The van der Waals surface area contributed by atoms with Crippen molar-refractivity contribution in [3.8, 4) is 0 Å². The fraction of sp³-hybridized carbons (Fsp3) is 0.500. The van der Waals surface area contributed by atoms with Crippen LogP contribution in [-0.2, 0) is 4.79 Å². The molecule has 2 atom stereocenters. The number of carboxylic acids is 1. The molecule has 0 radical (unpaired) electrons. The van der Waals surface area contributed by atoms with Crippen molar-refractivity contribution in [2.24, 2.45) is 5.41 Å². The number of carbonyl (C=O) groups is 2. The summed E-state index contributed by atoms with van der Waals surface area (Å²) in [4.78, 5) is 27.6. The molecule has 0 aromatic carbocycles. The predicted octanol–water partition coefficient (Wildman–Crippen LogP) is 2.42. The summed E-state index contributed by atoms with van der Waals surface area (Å²) in [6, 6.07) is 1.23. The van der Waals surface area contributed by atoms with Crippen molar-refractivity contribution in [1.82, 2.24) is 10.3 Å². The largest absolute Gasteiger partial charge is 0.481 e. The molecule has 1 aliphatic rings. The zero-order chi connectivity index (χ0) is 14.9. The first-order valence-electron chi connectivity index (χ1n) is 6.51. The van der Waals surface area contributed by atoms with Crippen molar-refractivity contribution in [3.05, 3.63) is 28.5 Å². The van der Waals surface area contributed by atoms with Gasteiger partial charge in [-0.15, -0.1) is 0 Å². The van der Waals surface area contributed by atoms with Gasteiger partial charge in [0.2, 0.25) is 0 Å². The first-order valence-corrected chi connectivity index (χ1v) is 6.89. The number of halogens is 1. The van der Waals surface area contributed by atoms with Crippen LogP contribution < -0.4 is 5.32 Å². The van der Waals surface area contributed by atoms with E-state index in [1.807, 2.05) is 0 Å². The maximum Gasteiger partial charge on any atom is 0.311 e. The third-order valence-electron chi connectivity index (χ3n) is 3.99. The van der Waals surface area contributed by atoms with Crippen LogP contribution in [0.15, 0.2) is 12.3 Å². The molecule has 0 bridgehead atoms. The van der Waals surface area contributed by atoms with Gasteiger partial charge in [-0.25, -0.2) is 0 Å². The Hall–Kier alpha value is -1.62. The molecule has 1 amide bonds. The lowest BCUT2D eigenvalue weighted by Gasteiger charge is -2.27. The maximum atomic E-state index is 12.2. The Morgan fingerprint density at radius 2 is 2.25 bits per heavy atom. The van der Waals surface area contributed by atoms with Gasteiger partial charge >= 0.3 is 5.97 Å². The van der Waals surface area contributed by atoms with Gasteiger partial charge in [-0.2, -0.15) is 0 Å². The van der Waals surface area contributed by atoms with Crippen LogP contribution in [0, 0.1) is 12.3 Å². The summed E-state index contributed by atoms with van der Waals surface area (Å²) in [5, 5.41) is 12.4. The quantitative estimate of drug-likeness (QED) is 0.898. The molecule has 1 aromatic rings. The molecule has 2 N–H and O–H groups in total. The molecule has 108 valence electrons. The van der Waals surface area contributed by atoms with Crippen LogP contribution in [0.25, 0.3) is 0 Å². The summed E-state index contributed by atoms with van der Waals surface area (Å²) >= 11 is 6.03. The molecule has 0 saturated heterocycles. The molecule has 0 aliphatic heterocycles. The highest BCUT2D eigenvalue weighted by Crippen LogP contribution is 2.38. The van der Waals surface area contributed by atoms with E-state index in [1.165, 1.54) is 6.20 Å². The highest BCUT2D eigenvalue weighted by Gasteiger charge is 2.46. The Morgan fingerprint density at radius 3 is 2.85 bits per heavy atom. The van der Waals surface area contributed by atoms with Crippen LogP contribution in [0.3, 0.4) is 0 Å². The first-order chi connectivity index (χ1) is 9.34. The van der Waals surface area contributed by atoms with Gasteiger partial charge in [0.15, 0.2) is 0 Å². The van der Waals surface area contributed by atoms with Gasteiger partial charge in [-0.3, -0.25) is 14.6 Å². The molecule has 6 heteroatoms. The van der Waals surface area contributed by atoms with E-state index in [9.17, 15) is 14.7 Å². The topological polar surface area (TPSA) is 79.3 Å². The van der Waals surface area contributed by atoms with Gasteiger partial charge in [-0.05, 0) is 32.8 Å². The molecule has 1 fully saturated rings. The van der Waals surface area contributed by atoms with E-state index in [0.717, 1.165) is 12.1 Å². The SMILES string of the molecule is Cc1cc(Cl)c(C(=O)NC2CCCC2(C)C(=O)O)cn1.